The van der Waals surface area contributed by atoms with Crippen molar-refractivity contribution in [2.45, 2.75) is 50.9 Å². The van der Waals surface area contributed by atoms with Crippen LogP contribution >= 0.6 is 48.8 Å². The van der Waals surface area contributed by atoms with Crippen LogP contribution in [0.4, 0.5) is 0 Å². The number of rotatable bonds is 12. The maximum absolute atomic E-state index is 11.4. The number of carbonyl (C=O) groups is 2. The Labute approximate surface area is 314 Å². The van der Waals surface area contributed by atoms with Crippen LogP contribution < -0.4 is 4.74 Å². The number of carbonyl (C=O) groups excluding carboxylic acids is 2. The Bertz CT molecular complexity index is 1170. The van der Waals surface area contributed by atoms with Gasteiger partial charge in [0, 0.05) is 110 Å². The molecule has 12 heteroatoms. The van der Waals surface area contributed by atoms with Crippen molar-refractivity contribution in [2.24, 2.45) is 0 Å². The molecule has 2 aromatic rings. The van der Waals surface area contributed by atoms with Gasteiger partial charge in [-0.2, -0.15) is 0 Å². The largest absolute Gasteiger partial charge is 0.508 e. The number of ether oxygens (including phenoxy) is 4. The van der Waals surface area contributed by atoms with Gasteiger partial charge in [-0.25, -0.2) is 0 Å². The van der Waals surface area contributed by atoms with Crippen molar-refractivity contribution in [1.29, 1.82) is 0 Å². The molecule has 241 valence electrons. The van der Waals surface area contributed by atoms with Gasteiger partial charge in [-0.15, -0.1) is 11.6 Å². The van der Waals surface area contributed by atoms with Gasteiger partial charge in [-0.1, -0.05) is 24.3 Å². The number of ketones is 2. The van der Waals surface area contributed by atoms with Gasteiger partial charge >= 0.3 is 0 Å². The van der Waals surface area contributed by atoms with Crippen LogP contribution in [-0.2, 0) is 69.4 Å². The number of hydrogen-bond acceptors (Lipinski definition) is 8. The molecule has 0 aromatic heterocycles. The number of aliphatic hydroxyl groups excluding tert-OH is 1. The average molecular weight is 932 g/mol. The fraction of sp³-hybridized carbons (Fsp3) is 0.438. The smallest absolute Gasteiger partial charge is 0.160 e. The molecule has 0 aliphatic heterocycles. The van der Waals surface area contributed by atoms with E-state index in [2.05, 4.69) is 37.2 Å². The molecular formula is C32H41ClI2O8Y. The van der Waals surface area contributed by atoms with E-state index in [1.54, 1.807) is 51.7 Å². The molecule has 0 amide bonds. The average Bonchev–Trinajstić information content (AvgIpc) is 3.03. The molecule has 2 aliphatic rings. The number of halogens is 3. The molecule has 0 heterocycles. The fourth-order valence-corrected chi connectivity index (χ4v) is 4.27. The van der Waals surface area contributed by atoms with Crippen molar-refractivity contribution in [3.63, 3.8) is 0 Å². The number of fused-ring (bicyclic) bond motifs is 2. The van der Waals surface area contributed by atoms with E-state index in [4.69, 9.17) is 40.8 Å². The molecule has 1 unspecified atom stereocenters. The quantitative estimate of drug-likeness (QED) is 0.102. The molecule has 0 bridgehead atoms. The molecule has 4 rings (SSSR count). The Balaban J connectivity index is 0.000000659. The van der Waals surface area contributed by atoms with Crippen LogP contribution in [0.2, 0.25) is 0 Å². The maximum atomic E-state index is 11.4. The van der Waals surface area contributed by atoms with Crippen molar-refractivity contribution >= 4 is 72.6 Å². The minimum Gasteiger partial charge on any atom is -0.508 e. The predicted molar refractivity (Wildman–Crippen MR) is 188 cm³/mol. The summed E-state index contributed by atoms with van der Waals surface area (Å²) in [5, 5.41) is 18.1. The van der Waals surface area contributed by atoms with Gasteiger partial charge in [0.25, 0.3) is 0 Å². The molecule has 44 heavy (non-hydrogen) atoms. The molecule has 0 fully saturated rings. The zero-order valence-electron chi connectivity index (χ0n) is 25.3. The maximum Gasteiger partial charge on any atom is 0.160 e. The summed E-state index contributed by atoms with van der Waals surface area (Å²) < 4.78 is 20.6. The van der Waals surface area contributed by atoms with Crippen LogP contribution in [0.3, 0.4) is 0 Å². The monoisotopic (exact) mass is 931 g/mol. The van der Waals surface area contributed by atoms with Gasteiger partial charge in [-0.3, -0.25) is 9.59 Å². The second kappa shape index (κ2) is 26.6. The molecule has 0 saturated heterocycles. The van der Waals surface area contributed by atoms with Gasteiger partial charge in [0.05, 0.1) is 19.3 Å². The van der Waals surface area contributed by atoms with E-state index in [1.807, 2.05) is 30.3 Å². The van der Waals surface area contributed by atoms with Crippen LogP contribution in [0.25, 0.3) is 12.2 Å². The van der Waals surface area contributed by atoms with Crippen LogP contribution in [0.5, 0.6) is 11.5 Å². The number of hydrogen-bond donors (Lipinski definition) is 2. The summed E-state index contributed by atoms with van der Waals surface area (Å²) in [6, 6.07) is 10.9. The minimum absolute atomic E-state index is 0. The van der Waals surface area contributed by atoms with Gasteiger partial charge < -0.3 is 29.2 Å². The molecular weight excluding hydrogens is 891 g/mol. The summed E-state index contributed by atoms with van der Waals surface area (Å²) in [7, 11) is 4.85. The SMILES string of the molecule is COC(CCCCl)OC.COC(CO)CCCOc1ccc2c(c1)CC(=O)C=C2.II.O=C1C=Cc2ccc(O)cc2C1.[Y]. The zero-order valence-corrected chi connectivity index (χ0v) is 33.3. The number of aromatic hydroxyl groups is 1. The van der Waals surface area contributed by atoms with Crippen molar-refractivity contribution in [1.82, 2.24) is 0 Å². The predicted octanol–water partition coefficient (Wildman–Crippen LogP) is 6.92. The van der Waals surface area contributed by atoms with Crippen molar-refractivity contribution in [3.8, 4) is 11.5 Å². The first-order valence-corrected chi connectivity index (χ1v) is 20.5. The normalized spacial score (nSPS) is 13.1. The number of methoxy groups -OCH3 is 3. The molecule has 1 radical (unpaired) electrons. The van der Waals surface area contributed by atoms with E-state index in [9.17, 15) is 9.59 Å². The van der Waals surface area contributed by atoms with Gasteiger partial charge in [-0.05, 0) is 84.4 Å². The first kappa shape index (κ1) is 43.6. The Morgan fingerprint density at radius 3 is 1.91 bits per heavy atom. The van der Waals surface area contributed by atoms with Crippen molar-refractivity contribution in [2.75, 3.05) is 40.4 Å². The second-order valence-corrected chi connectivity index (χ2v) is 9.84. The van der Waals surface area contributed by atoms with Gasteiger partial charge in [0.15, 0.2) is 17.9 Å². The van der Waals surface area contributed by atoms with E-state index in [0.717, 1.165) is 53.7 Å². The molecule has 1 atom stereocenters. The summed E-state index contributed by atoms with van der Waals surface area (Å²) in [5.41, 5.74) is 4.02. The van der Waals surface area contributed by atoms with E-state index in [1.165, 1.54) is 0 Å². The number of benzene rings is 2. The Kier molecular flexibility index (Phi) is 26.3. The third-order valence-corrected chi connectivity index (χ3v) is 6.71. The molecule has 2 aromatic carbocycles. The fourth-order valence-electron chi connectivity index (χ4n) is 4.11. The molecule has 0 spiro atoms. The third-order valence-electron chi connectivity index (χ3n) is 6.44. The minimum atomic E-state index is -0.120. The first-order chi connectivity index (χ1) is 20.8. The second-order valence-electron chi connectivity index (χ2n) is 9.46. The summed E-state index contributed by atoms with van der Waals surface area (Å²) in [5.74, 6) is 1.89. The Hall–Kier alpha value is -0.446. The Morgan fingerprint density at radius 1 is 0.818 bits per heavy atom. The topological polar surface area (TPSA) is 112 Å². The molecule has 2 aliphatic carbocycles. The van der Waals surface area contributed by atoms with Crippen LogP contribution in [-0.4, -0.2) is 74.6 Å². The molecule has 0 saturated carbocycles. The number of phenols is 1. The number of phenolic OH excluding ortho intramolecular Hbond substituents is 1. The summed E-state index contributed by atoms with van der Waals surface area (Å²) in [6.07, 6.45) is 10.8. The zero-order chi connectivity index (χ0) is 32.0. The van der Waals surface area contributed by atoms with E-state index in [-0.39, 0.29) is 69.0 Å². The van der Waals surface area contributed by atoms with Crippen LogP contribution in [0.1, 0.15) is 47.9 Å². The standard InChI is InChI=1S/C16H20O4.C10H8O2.C6H13ClO2.I2.Y/c1-19-16(11-17)3-2-8-20-15-7-5-12-4-6-14(18)9-13(12)10-15;11-9-3-1-7-2-4-10(12)6-8(7)5-9;1-8-6(9-2)4-3-5-7;1-2;/h4-7,10,16-17H,2-3,8-9,11H2,1H3;1-5,11H,6H2;6H,3-5H2,1-2H3;;. The first-order valence-electron chi connectivity index (χ1n) is 13.7. The third kappa shape index (κ3) is 17.5. The van der Waals surface area contributed by atoms with Crippen molar-refractivity contribution < 1.29 is 71.5 Å². The summed E-state index contributed by atoms with van der Waals surface area (Å²) in [6.45, 7) is 0.603. The van der Waals surface area contributed by atoms with Gasteiger partial charge in [0.2, 0.25) is 0 Å². The van der Waals surface area contributed by atoms with Crippen molar-refractivity contribution in [3.05, 3.63) is 70.8 Å². The van der Waals surface area contributed by atoms with E-state index < -0.39 is 0 Å². The Morgan fingerprint density at radius 2 is 1.39 bits per heavy atom. The number of allylic oxidation sites excluding steroid dienone is 2. The van der Waals surface area contributed by atoms with E-state index >= 15 is 0 Å². The van der Waals surface area contributed by atoms with Crippen LogP contribution in [0, 0.1) is 0 Å². The summed E-state index contributed by atoms with van der Waals surface area (Å²) in [4.78, 5) is 22.3. The number of aliphatic hydroxyl groups is 1. The molecule has 8 nitrogen and oxygen atoms in total. The van der Waals surface area contributed by atoms with Crippen LogP contribution in [0.15, 0.2) is 48.6 Å². The number of alkyl halides is 1. The molecule has 2 N–H and O–H groups in total. The van der Waals surface area contributed by atoms with Gasteiger partial charge in [0.1, 0.15) is 11.5 Å². The van der Waals surface area contributed by atoms with E-state index in [0.29, 0.717) is 25.3 Å². The summed E-state index contributed by atoms with van der Waals surface area (Å²) >= 11 is 9.69.